The molecule has 12 heavy (non-hydrogen) atoms. The molecule has 0 unspecified atom stereocenters. The van der Waals surface area contributed by atoms with Gasteiger partial charge in [0.15, 0.2) is 6.20 Å². The van der Waals surface area contributed by atoms with Gasteiger partial charge in [0.05, 0.1) is 0 Å². The number of rotatable bonds is 2. The largest absolute Gasteiger partial charge is 0.369 e. The summed E-state index contributed by atoms with van der Waals surface area (Å²) in [6, 6.07) is 5.61. The molecule has 0 saturated carbocycles. The molecular weight excluding hydrogens is 154 g/mol. The van der Waals surface area contributed by atoms with E-state index in [1.54, 1.807) is 6.20 Å². The van der Waals surface area contributed by atoms with Crippen LogP contribution in [0.3, 0.4) is 0 Å². The van der Waals surface area contributed by atoms with Crippen molar-refractivity contribution in [1.82, 2.24) is 0 Å². The number of pyridine rings is 1. The molecule has 0 saturated heterocycles. The van der Waals surface area contributed by atoms with Crippen LogP contribution in [0.25, 0.3) is 0 Å². The lowest BCUT2D eigenvalue weighted by atomic mass is 10.4. The molecule has 1 heterocycles. The predicted octanol–water partition coefficient (Wildman–Crippen LogP) is -0.892. The molecule has 0 bridgehead atoms. The van der Waals surface area contributed by atoms with Crippen molar-refractivity contribution in [1.29, 1.82) is 0 Å². The van der Waals surface area contributed by atoms with Crippen LogP contribution in [0.4, 0.5) is 0 Å². The highest BCUT2D eigenvalue weighted by molar-refractivity contribution is 5.78. The van der Waals surface area contributed by atoms with Crippen molar-refractivity contribution in [2.24, 2.45) is 21.7 Å². The summed E-state index contributed by atoms with van der Waals surface area (Å²) in [5.41, 5.74) is 11.0. The van der Waals surface area contributed by atoms with E-state index in [4.69, 9.17) is 11.5 Å². The van der Waals surface area contributed by atoms with Crippen LogP contribution in [0.2, 0.25) is 0 Å². The second-order valence-electron chi connectivity index (χ2n) is 2.09. The van der Waals surface area contributed by atoms with Gasteiger partial charge in [-0.25, -0.2) is 4.98 Å². The Morgan fingerprint density at radius 1 is 1.42 bits per heavy atom. The lowest BCUT2D eigenvalue weighted by Gasteiger charge is -1.82. The summed E-state index contributed by atoms with van der Waals surface area (Å²) in [6.07, 6.45) is 3.32. The normalized spacial score (nSPS) is 10.0. The third kappa shape index (κ3) is 2.78. The van der Waals surface area contributed by atoms with E-state index in [0.29, 0.717) is 0 Å². The fourth-order valence-corrected chi connectivity index (χ4v) is 0.645. The highest BCUT2D eigenvalue weighted by atomic mass is 15.3. The topological polar surface area (TPSA) is 90.9 Å². The van der Waals surface area contributed by atoms with Crippen LogP contribution in [0, 0.1) is 0 Å². The summed E-state index contributed by atoms with van der Waals surface area (Å²) < 4.78 is 0. The number of nitrogens with zero attached hydrogens (tertiary/aromatic N) is 2. The van der Waals surface area contributed by atoms with Crippen molar-refractivity contribution in [3.05, 3.63) is 30.1 Å². The fraction of sp³-hybridized carbons (Fsp3) is 0. The number of hydrogen-bond donors (Lipinski definition) is 2. The zero-order chi connectivity index (χ0) is 8.81. The maximum Gasteiger partial charge on any atom is 0.223 e. The standard InChI is InChI=1S/C7H9N5/c8-7(9)12-11-5-6-3-1-2-4-10-6/h1-5H,(H4,8,9,12)/p+1/b11-5-. The summed E-state index contributed by atoms with van der Waals surface area (Å²) in [7, 11) is 0. The first kappa shape index (κ1) is 8.19. The minimum Gasteiger partial charge on any atom is -0.369 e. The Morgan fingerprint density at radius 3 is 2.83 bits per heavy atom. The first-order chi connectivity index (χ1) is 5.79. The lowest BCUT2D eigenvalue weighted by Crippen LogP contribution is -2.21. The number of hydrogen-bond acceptors (Lipinski definition) is 2. The number of aromatic nitrogens is 1. The van der Waals surface area contributed by atoms with Gasteiger partial charge in [0, 0.05) is 12.1 Å². The Bertz CT molecular complexity index is 286. The van der Waals surface area contributed by atoms with Crippen LogP contribution in [-0.2, 0) is 0 Å². The van der Waals surface area contributed by atoms with Gasteiger partial charge >= 0.3 is 0 Å². The second kappa shape index (κ2) is 4.07. The molecular formula is C7H10N5+. The fourth-order valence-electron chi connectivity index (χ4n) is 0.645. The molecule has 1 rings (SSSR count). The first-order valence-electron chi connectivity index (χ1n) is 3.38. The molecule has 0 aliphatic rings. The van der Waals surface area contributed by atoms with E-state index >= 15 is 0 Å². The van der Waals surface area contributed by atoms with Gasteiger partial charge in [0.2, 0.25) is 11.7 Å². The minimum absolute atomic E-state index is 0.0535. The van der Waals surface area contributed by atoms with Crippen LogP contribution < -0.4 is 16.5 Å². The summed E-state index contributed by atoms with van der Waals surface area (Å²) in [5, 5.41) is 7.06. The minimum atomic E-state index is -0.0535. The van der Waals surface area contributed by atoms with E-state index in [-0.39, 0.29) is 5.96 Å². The highest BCUT2D eigenvalue weighted by Gasteiger charge is 1.90. The Morgan fingerprint density at radius 2 is 2.25 bits per heavy atom. The average molecular weight is 164 g/mol. The second-order valence-corrected chi connectivity index (χ2v) is 2.09. The molecule has 0 aliphatic carbocycles. The summed E-state index contributed by atoms with van der Waals surface area (Å²) in [5.74, 6) is -0.0535. The third-order valence-electron chi connectivity index (χ3n) is 1.10. The Hall–Kier alpha value is -1.91. The van der Waals surface area contributed by atoms with E-state index in [1.165, 1.54) is 6.21 Å². The maximum atomic E-state index is 5.06. The lowest BCUT2D eigenvalue weighted by molar-refractivity contribution is -0.379. The van der Waals surface area contributed by atoms with Crippen molar-refractivity contribution in [3.8, 4) is 0 Å². The zero-order valence-corrected chi connectivity index (χ0v) is 6.44. The van der Waals surface area contributed by atoms with Crippen LogP contribution in [-0.4, -0.2) is 12.2 Å². The highest BCUT2D eigenvalue weighted by Crippen LogP contribution is 1.82. The zero-order valence-electron chi connectivity index (χ0n) is 6.44. The molecule has 0 spiro atoms. The Balaban J connectivity index is 2.64. The van der Waals surface area contributed by atoms with Gasteiger partial charge in [0.25, 0.3) is 0 Å². The van der Waals surface area contributed by atoms with Gasteiger partial charge in [-0.15, -0.1) is 10.2 Å². The molecule has 5 N–H and O–H groups in total. The van der Waals surface area contributed by atoms with E-state index in [1.807, 2.05) is 18.2 Å². The number of aromatic amines is 1. The molecule has 0 aromatic carbocycles. The SMILES string of the molecule is NC(N)=N/N=C\c1cccc[nH+]1. The van der Waals surface area contributed by atoms with Gasteiger partial charge in [-0.1, -0.05) is 0 Å². The van der Waals surface area contributed by atoms with Gasteiger partial charge in [-0.3, -0.25) is 0 Å². The van der Waals surface area contributed by atoms with E-state index in [0.717, 1.165) is 5.69 Å². The molecule has 0 radical (unpaired) electrons. The van der Waals surface area contributed by atoms with Crippen LogP contribution in [0.1, 0.15) is 5.69 Å². The van der Waals surface area contributed by atoms with Crippen molar-refractivity contribution in [3.63, 3.8) is 0 Å². The molecule has 0 aliphatic heterocycles. The molecule has 5 heteroatoms. The van der Waals surface area contributed by atoms with Crippen LogP contribution >= 0.6 is 0 Å². The summed E-state index contributed by atoms with van der Waals surface area (Å²) in [6.45, 7) is 0. The summed E-state index contributed by atoms with van der Waals surface area (Å²) in [4.78, 5) is 2.94. The predicted molar refractivity (Wildman–Crippen MR) is 46.4 cm³/mol. The van der Waals surface area contributed by atoms with Crippen molar-refractivity contribution < 1.29 is 4.98 Å². The monoisotopic (exact) mass is 164 g/mol. The van der Waals surface area contributed by atoms with E-state index < -0.39 is 0 Å². The quantitative estimate of drug-likeness (QED) is 0.337. The van der Waals surface area contributed by atoms with Crippen LogP contribution in [0.5, 0.6) is 0 Å². The Labute approximate surface area is 69.8 Å². The van der Waals surface area contributed by atoms with Gasteiger partial charge < -0.3 is 11.5 Å². The van der Waals surface area contributed by atoms with Crippen LogP contribution in [0.15, 0.2) is 34.6 Å². The molecule has 0 fully saturated rings. The molecule has 5 nitrogen and oxygen atoms in total. The van der Waals surface area contributed by atoms with Gasteiger partial charge in [-0.05, 0) is 6.07 Å². The van der Waals surface area contributed by atoms with E-state index in [2.05, 4.69) is 15.2 Å². The van der Waals surface area contributed by atoms with Gasteiger partial charge in [0.1, 0.15) is 6.21 Å². The molecule has 1 aromatic rings. The maximum absolute atomic E-state index is 5.06. The smallest absolute Gasteiger partial charge is 0.223 e. The summed E-state index contributed by atoms with van der Waals surface area (Å²) >= 11 is 0. The van der Waals surface area contributed by atoms with Crippen molar-refractivity contribution >= 4 is 12.2 Å². The van der Waals surface area contributed by atoms with Crippen molar-refractivity contribution in [2.45, 2.75) is 0 Å². The average Bonchev–Trinajstić information content (AvgIpc) is 2.05. The van der Waals surface area contributed by atoms with Gasteiger partial charge in [-0.2, -0.15) is 0 Å². The molecule has 62 valence electrons. The number of H-pyrrole nitrogens is 1. The number of guanidine groups is 1. The molecule has 0 amide bonds. The molecule has 1 aromatic heterocycles. The first-order valence-corrected chi connectivity index (χ1v) is 3.38. The number of nitrogens with one attached hydrogen (secondary N) is 1. The van der Waals surface area contributed by atoms with E-state index in [9.17, 15) is 0 Å². The molecule has 0 atom stereocenters. The number of nitrogens with two attached hydrogens (primary N) is 2. The van der Waals surface area contributed by atoms with Crippen molar-refractivity contribution in [2.75, 3.05) is 0 Å². The third-order valence-corrected chi connectivity index (χ3v) is 1.10. The Kier molecular flexibility index (Phi) is 2.78.